The minimum absolute atomic E-state index is 0.00903. The molecule has 0 aromatic heterocycles. The van der Waals surface area contributed by atoms with E-state index in [-0.39, 0.29) is 17.7 Å². The third-order valence-corrected chi connectivity index (χ3v) is 4.50. The summed E-state index contributed by atoms with van der Waals surface area (Å²) in [5, 5.41) is 1.40. The minimum atomic E-state index is -0.00903. The molecule has 0 radical (unpaired) electrons. The molecule has 0 fully saturated rings. The topological polar surface area (TPSA) is 26.3 Å². The lowest BCUT2D eigenvalue weighted by Crippen LogP contribution is -2.06. The molecule has 5 heteroatoms. The van der Waals surface area contributed by atoms with Gasteiger partial charge in [0.2, 0.25) is 0 Å². The zero-order chi connectivity index (χ0) is 16.8. The van der Waals surface area contributed by atoms with Crippen molar-refractivity contribution in [3.63, 3.8) is 0 Å². The standard InChI is InChI=1S/C18H17BrCl2O2/c1-2-3-12-4-7-15(17(22)10-19)18(8-12)23-11-13-5-6-14(20)9-16(13)21/h4-9H,2-3,10-11H2,1H3. The van der Waals surface area contributed by atoms with E-state index in [2.05, 4.69) is 22.9 Å². The quantitative estimate of drug-likeness (QED) is 0.403. The van der Waals surface area contributed by atoms with Gasteiger partial charge in [0.15, 0.2) is 5.78 Å². The number of benzene rings is 2. The number of rotatable bonds is 7. The van der Waals surface area contributed by atoms with Gasteiger partial charge < -0.3 is 4.74 Å². The molecule has 0 aliphatic heterocycles. The second kappa shape index (κ2) is 8.72. The summed E-state index contributed by atoms with van der Waals surface area (Å²) in [7, 11) is 0. The van der Waals surface area contributed by atoms with Crippen LogP contribution in [0.25, 0.3) is 0 Å². The highest BCUT2D eigenvalue weighted by Gasteiger charge is 2.13. The molecule has 0 aliphatic rings. The Kier molecular flexibility index (Phi) is 6.94. The monoisotopic (exact) mass is 414 g/mol. The Bertz CT molecular complexity index is 701. The first-order chi connectivity index (χ1) is 11.0. The van der Waals surface area contributed by atoms with E-state index < -0.39 is 0 Å². The summed E-state index contributed by atoms with van der Waals surface area (Å²) in [5.41, 5.74) is 2.55. The largest absolute Gasteiger partial charge is 0.488 e. The van der Waals surface area contributed by atoms with Gasteiger partial charge in [-0.05, 0) is 36.2 Å². The number of carbonyl (C=O) groups excluding carboxylic acids is 1. The summed E-state index contributed by atoms with van der Waals surface area (Å²) >= 11 is 15.3. The van der Waals surface area contributed by atoms with E-state index in [9.17, 15) is 4.79 Å². The van der Waals surface area contributed by atoms with Gasteiger partial charge in [-0.15, -0.1) is 0 Å². The van der Waals surface area contributed by atoms with Crippen LogP contribution in [0.1, 0.15) is 34.8 Å². The van der Waals surface area contributed by atoms with E-state index in [1.807, 2.05) is 24.3 Å². The minimum Gasteiger partial charge on any atom is -0.488 e. The van der Waals surface area contributed by atoms with Crippen molar-refractivity contribution < 1.29 is 9.53 Å². The fourth-order valence-electron chi connectivity index (χ4n) is 2.23. The smallest absolute Gasteiger partial charge is 0.177 e. The number of halogens is 3. The van der Waals surface area contributed by atoms with Gasteiger partial charge in [0.05, 0.1) is 10.9 Å². The van der Waals surface area contributed by atoms with Crippen molar-refractivity contribution in [3.8, 4) is 5.75 Å². The van der Waals surface area contributed by atoms with Crippen LogP contribution in [-0.2, 0) is 13.0 Å². The Labute approximate surface area is 154 Å². The first-order valence-electron chi connectivity index (χ1n) is 7.34. The molecular formula is C18H17BrCl2O2. The Morgan fingerprint density at radius 1 is 1.17 bits per heavy atom. The van der Waals surface area contributed by atoms with Crippen LogP contribution in [-0.4, -0.2) is 11.1 Å². The zero-order valence-corrected chi connectivity index (χ0v) is 15.8. The molecule has 0 heterocycles. The van der Waals surface area contributed by atoms with Gasteiger partial charge >= 0.3 is 0 Å². The molecule has 0 saturated carbocycles. The third-order valence-electron chi connectivity index (χ3n) is 3.40. The summed E-state index contributed by atoms with van der Waals surface area (Å²) in [4.78, 5) is 12.1. The van der Waals surface area contributed by atoms with Crippen molar-refractivity contribution in [3.05, 3.63) is 63.1 Å². The predicted octanol–water partition coefficient (Wildman–Crippen LogP) is 6.10. The first kappa shape index (κ1) is 18.3. The Morgan fingerprint density at radius 2 is 1.96 bits per heavy atom. The molecule has 122 valence electrons. The molecule has 0 saturated heterocycles. The van der Waals surface area contributed by atoms with Crippen LogP contribution in [0.15, 0.2) is 36.4 Å². The maximum Gasteiger partial charge on any atom is 0.177 e. The van der Waals surface area contributed by atoms with Crippen LogP contribution in [0.5, 0.6) is 5.75 Å². The van der Waals surface area contributed by atoms with Crippen molar-refractivity contribution in [1.82, 2.24) is 0 Å². The fraction of sp³-hybridized carbons (Fsp3) is 0.278. The maximum atomic E-state index is 12.1. The number of ether oxygens (including phenoxy) is 1. The summed E-state index contributed by atoms with van der Waals surface area (Å²) in [5.74, 6) is 0.580. The number of hydrogen-bond donors (Lipinski definition) is 0. The van der Waals surface area contributed by atoms with Crippen LogP contribution in [0.2, 0.25) is 10.0 Å². The Balaban J connectivity index is 2.25. The van der Waals surface area contributed by atoms with Gasteiger partial charge in [-0.25, -0.2) is 0 Å². The number of aryl methyl sites for hydroxylation is 1. The maximum absolute atomic E-state index is 12.1. The number of ketones is 1. The summed E-state index contributed by atoms with van der Waals surface area (Å²) in [6.45, 7) is 2.40. The van der Waals surface area contributed by atoms with Gasteiger partial charge in [-0.1, -0.05) is 64.6 Å². The van der Waals surface area contributed by atoms with Crippen molar-refractivity contribution >= 4 is 44.9 Å². The molecule has 0 unspecified atom stereocenters. The molecule has 2 aromatic carbocycles. The molecule has 0 spiro atoms. The second-order valence-electron chi connectivity index (χ2n) is 5.16. The summed E-state index contributed by atoms with van der Waals surface area (Å²) in [6, 6.07) is 11.0. The average Bonchev–Trinajstić information content (AvgIpc) is 2.54. The molecule has 0 aliphatic carbocycles. The van der Waals surface area contributed by atoms with Crippen molar-refractivity contribution in [2.45, 2.75) is 26.4 Å². The fourth-order valence-corrected chi connectivity index (χ4v) is 2.99. The normalized spacial score (nSPS) is 10.6. The SMILES string of the molecule is CCCc1ccc(C(=O)CBr)c(OCc2ccc(Cl)cc2Cl)c1. The van der Waals surface area contributed by atoms with Gasteiger partial charge in [0.25, 0.3) is 0 Å². The molecule has 0 amide bonds. The highest BCUT2D eigenvalue weighted by atomic mass is 79.9. The molecule has 23 heavy (non-hydrogen) atoms. The second-order valence-corrected chi connectivity index (χ2v) is 6.57. The van der Waals surface area contributed by atoms with E-state index in [0.717, 1.165) is 24.0 Å². The Morgan fingerprint density at radius 3 is 2.61 bits per heavy atom. The number of Topliss-reactive ketones (excluding diaryl/α,β-unsaturated/α-hetero) is 1. The highest BCUT2D eigenvalue weighted by Crippen LogP contribution is 2.26. The molecule has 0 N–H and O–H groups in total. The van der Waals surface area contributed by atoms with Crippen LogP contribution in [0.4, 0.5) is 0 Å². The van der Waals surface area contributed by atoms with Gasteiger partial charge in [0.1, 0.15) is 12.4 Å². The van der Waals surface area contributed by atoms with Gasteiger partial charge in [0, 0.05) is 15.6 Å². The van der Waals surface area contributed by atoms with Gasteiger partial charge in [-0.3, -0.25) is 4.79 Å². The van der Waals surface area contributed by atoms with E-state index in [0.29, 0.717) is 21.4 Å². The zero-order valence-electron chi connectivity index (χ0n) is 12.7. The highest BCUT2D eigenvalue weighted by molar-refractivity contribution is 9.09. The van der Waals surface area contributed by atoms with Crippen LogP contribution >= 0.6 is 39.1 Å². The average molecular weight is 416 g/mol. The van der Waals surface area contributed by atoms with E-state index >= 15 is 0 Å². The van der Waals surface area contributed by atoms with Crippen molar-refractivity contribution in [1.29, 1.82) is 0 Å². The molecule has 2 aromatic rings. The van der Waals surface area contributed by atoms with Crippen LogP contribution < -0.4 is 4.74 Å². The van der Waals surface area contributed by atoms with Crippen LogP contribution in [0.3, 0.4) is 0 Å². The molecule has 2 rings (SSSR count). The van der Waals surface area contributed by atoms with Crippen molar-refractivity contribution in [2.24, 2.45) is 0 Å². The Hall–Kier alpha value is -1.03. The van der Waals surface area contributed by atoms with E-state index in [1.165, 1.54) is 0 Å². The van der Waals surface area contributed by atoms with Crippen molar-refractivity contribution in [2.75, 3.05) is 5.33 Å². The summed E-state index contributed by atoms with van der Waals surface area (Å²) < 4.78 is 5.88. The lowest BCUT2D eigenvalue weighted by Gasteiger charge is -2.13. The summed E-state index contributed by atoms with van der Waals surface area (Å²) in [6.07, 6.45) is 1.98. The number of hydrogen-bond acceptors (Lipinski definition) is 2. The third kappa shape index (κ3) is 4.97. The number of alkyl halides is 1. The lowest BCUT2D eigenvalue weighted by atomic mass is 10.0. The molecule has 2 nitrogen and oxygen atoms in total. The lowest BCUT2D eigenvalue weighted by molar-refractivity contribution is 0.101. The molecular weight excluding hydrogens is 399 g/mol. The van der Waals surface area contributed by atoms with Crippen LogP contribution in [0, 0.1) is 0 Å². The van der Waals surface area contributed by atoms with Gasteiger partial charge in [-0.2, -0.15) is 0 Å². The predicted molar refractivity (Wildman–Crippen MR) is 99.4 cm³/mol. The van der Waals surface area contributed by atoms with E-state index in [4.69, 9.17) is 27.9 Å². The molecule has 0 bridgehead atoms. The van der Waals surface area contributed by atoms with E-state index in [1.54, 1.807) is 12.1 Å². The first-order valence-corrected chi connectivity index (χ1v) is 9.21. The number of carbonyl (C=O) groups is 1. The molecule has 0 atom stereocenters.